The van der Waals surface area contributed by atoms with E-state index in [4.69, 9.17) is 28.4 Å². The molecule has 12 aromatic rings. The van der Waals surface area contributed by atoms with Gasteiger partial charge in [-0.15, -0.1) is 0 Å². The number of carbonyl (C=O) groups excluding carboxylic acids is 9. The van der Waals surface area contributed by atoms with Crippen molar-refractivity contribution < 1.29 is 71.6 Å². The minimum absolute atomic E-state index is 0.227. The number of anilines is 3. The SMILES string of the molecule is COc1ccc([C@@H](CCCNC(=O)c2ccccn2)N2C(=O)c3cccc(N4CCN([C@H](C)c5ccccc5)CC4)c3C2=O)cc1OC.COc1ccc([C@@H](CCCNC(=O)c2cccnc2)N2C(=O)c3cccc(N4CCN([C@H](C)c5ccccc5)CC4)c3C2=O)cc1OC.COc1ccc([C@@H](CCCNC(=O)c2cncn2C)N2C(=O)c3cccc(N4CCN([C@H](C)c5ccccc5)CC4)c3C2=O)cc1OC. The average Bonchev–Trinajstić information content (AvgIpc) is 1.60. The van der Waals surface area contributed by atoms with E-state index >= 15 is 0 Å². The number of aryl methyl sites for hydroxylation is 1. The summed E-state index contributed by atoms with van der Waals surface area (Å²) >= 11 is 0. The molecule has 18 rings (SSSR count). The van der Waals surface area contributed by atoms with Crippen LogP contribution in [0, 0.1) is 0 Å². The van der Waals surface area contributed by atoms with Crippen molar-refractivity contribution in [2.45, 2.75) is 95.5 Å². The second-order valence-corrected chi connectivity index (χ2v) is 36.3. The van der Waals surface area contributed by atoms with Gasteiger partial charge in [-0.2, -0.15) is 0 Å². The maximum Gasteiger partial charge on any atom is 0.269 e. The summed E-state index contributed by atoms with van der Waals surface area (Å²) in [4.78, 5) is 154. The molecule has 0 bridgehead atoms. The number of piperazine rings is 3. The van der Waals surface area contributed by atoms with Crippen molar-refractivity contribution in [2.75, 3.05) is 156 Å². The van der Waals surface area contributed by atoms with Gasteiger partial charge in [-0.25, -0.2) is 4.98 Å². The Morgan fingerprint density at radius 3 is 0.979 bits per heavy atom. The molecule has 0 saturated carbocycles. The first-order chi connectivity index (χ1) is 70.1. The number of rotatable bonds is 36. The maximum atomic E-state index is 14.4. The van der Waals surface area contributed by atoms with Crippen molar-refractivity contribution in [2.24, 2.45) is 7.05 Å². The number of imide groups is 3. The number of hydrogen-bond acceptors (Lipinski definition) is 24. The molecule has 9 amide bonds. The molecular weight excluding hydrogens is 1820 g/mol. The van der Waals surface area contributed by atoms with Crippen molar-refractivity contribution in [1.82, 2.24) is 64.9 Å². The lowest BCUT2D eigenvalue weighted by Gasteiger charge is -2.39. The van der Waals surface area contributed by atoms with E-state index in [0.717, 1.165) is 112 Å². The van der Waals surface area contributed by atoms with E-state index < -0.39 is 18.1 Å². The summed E-state index contributed by atoms with van der Waals surface area (Å²) in [5.74, 6) is 0.494. The Labute approximate surface area is 840 Å². The third-order valence-electron chi connectivity index (χ3n) is 28.2. The molecule has 0 unspecified atom stereocenters. The topological polar surface area (TPSA) is 318 Å². The van der Waals surface area contributed by atoms with Crippen LogP contribution >= 0.6 is 0 Å². The number of carbonyl (C=O) groups is 9. The van der Waals surface area contributed by atoms with Crippen LogP contribution in [0.15, 0.2) is 262 Å². The van der Waals surface area contributed by atoms with E-state index in [1.807, 2.05) is 91.0 Å². The maximum absolute atomic E-state index is 14.4. The first-order valence-corrected chi connectivity index (χ1v) is 49.1. The number of hydrogen-bond donors (Lipinski definition) is 3. The van der Waals surface area contributed by atoms with Crippen molar-refractivity contribution >= 4 is 70.2 Å². The molecule has 9 aromatic carbocycles. The predicted molar refractivity (Wildman–Crippen MR) is 550 cm³/mol. The third-order valence-corrected chi connectivity index (χ3v) is 28.2. The van der Waals surface area contributed by atoms with E-state index in [9.17, 15) is 43.2 Å². The fourth-order valence-electron chi connectivity index (χ4n) is 20.2. The summed E-state index contributed by atoms with van der Waals surface area (Å²) in [6, 6.07) is 72.1. The van der Waals surface area contributed by atoms with Gasteiger partial charge in [0, 0.05) is 142 Å². The standard InChI is InChI=1S/2C38H41N5O5.C37H42N6O5/c1-26(27-10-5-4-6-11-27)41-20-22-42(23-21-41)32-14-7-13-30-35(32)38(46)43(37(30)45)31(28-16-17-33(47-2)34(24-28)48-3)15-9-19-40-36(44)29-12-8-18-39-25-29;1-26(27-11-5-4-6-12-27)41-21-23-42(24-22-41)32-15-9-13-29-35(32)38(46)43(37(29)45)31(28-17-18-33(47-2)34(25-28)48-3)16-10-20-40-36(44)30-14-7-8-19-39-30;1-25(26-10-6-5-7-11-26)41-18-20-42(21-19-41)30-13-8-12-28-34(30)37(46)43(36(28)45)29(27-15-16-32(47-3)33(22-27)48-4)14-9-17-39-35(44)31-23-38-24-40(31)2/h4-8,10-14,16-18,24-26,31H,9,15,19-23H2,1-3H3,(H,40,44);4-9,11-15,17-19,25-26,31H,10,16,20-24H2,1-3H3,(H,40,44);5-8,10-13,15-16,22-25,29H,9,14,17-21H2,1-4H3,(H,39,44)/t2*26-,31-;25-,29-/m111/s1. The molecule has 31 nitrogen and oxygen atoms in total. The van der Waals surface area contributed by atoms with Gasteiger partial charge in [0.1, 0.15) is 11.4 Å². The van der Waals surface area contributed by atoms with Crippen LogP contribution in [-0.2, 0) is 7.05 Å². The van der Waals surface area contributed by atoms with Gasteiger partial charge in [-0.3, -0.25) is 82.5 Å². The molecule has 0 radical (unpaired) electrons. The summed E-state index contributed by atoms with van der Waals surface area (Å²) in [6.07, 6.45) is 10.6. The Hall–Kier alpha value is -15.6. The number of ether oxygens (including phenoxy) is 6. The molecule has 6 aliphatic heterocycles. The number of benzene rings is 9. The molecule has 0 spiro atoms. The average molecular weight is 1950 g/mol. The minimum atomic E-state index is -0.597. The summed E-state index contributed by atoms with van der Waals surface area (Å²) in [5, 5.41) is 8.77. The molecule has 3 aromatic heterocycles. The number of amides is 9. The van der Waals surface area contributed by atoms with Gasteiger partial charge < -0.3 is 63.6 Å². The molecule has 6 atom stereocenters. The van der Waals surface area contributed by atoms with Crippen LogP contribution < -0.4 is 59.1 Å². The summed E-state index contributed by atoms with van der Waals surface area (Å²) in [6.45, 7) is 17.2. The smallest absolute Gasteiger partial charge is 0.269 e. The predicted octanol–water partition coefficient (Wildman–Crippen LogP) is 15.9. The number of methoxy groups -OCH3 is 6. The van der Waals surface area contributed by atoms with Crippen LogP contribution in [0.5, 0.6) is 34.5 Å². The van der Waals surface area contributed by atoms with Gasteiger partial charge in [-0.05, 0) is 190 Å². The van der Waals surface area contributed by atoms with Crippen LogP contribution in [0.4, 0.5) is 17.1 Å². The Bertz CT molecular complexity index is 6280. The molecule has 0 aliphatic carbocycles. The van der Waals surface area contributed by atoms with Crippen LogP contribution in [0.1, 0.15) is 222 Å². The normalized spacial score (nSPS) is 16.0. The lowest BCUT2D eigenvalue weighted by molar-refractivity contribution is 0.0556. The van der Waals surface area contributed by atoms with Gasteiger partial charge in [-0.1, -0.05) is 133 Å². The van der Waals surface area contributed by atoms with Crippen LogP contribution in [0.3, 0.4) is 0 Å². The minimum Gasteiger partial charge on any atom is -0.493 e. The Morgan fingerprint density at radius 2 is 0.667 bits per heavy atom. The van der Waals surface area contributed by atoms with Crippen LogP contribution in [0.2, 0.25) is 0 Å². The largest absolute Gasteiger partial charge is 0.493 e. The second kappa shape index (κ2) is 47.3. The number of fused-ring (bicyclic) bond motifs is 3. The molecule has 9 heterocycles. The number of nitrogens with one attached hydrogen (secondary N) is 3. The molecule has 6 aliphatic rings. The highest BCUT2D eigenvalue weighted by molar-refractivity contribution is 6.26. The molecular formula is C113H124N16O15. The van der Waals surface area contributed by atoms with Crippen molar-refractivity contribution in [1.29, 1.82) is 0 Å². The van der Waals surface area contributed by atoms with Gasteiger partial charge >= 0.3 is 0 Å². The zero-order valence-electron chi connectivity index (χ0n) is 83.1. The molecule has 3 saturated heterocycles. The highest BCUT2D eigenvalue weighted by Gasteiger charge is 2.48. The van der Waals surface area contributed by atoms with Gasteiger partial charge in [0.15, 0.2) is 34.5 Å². The molecule has 144 heavy (non-hydrogen) atoms. The first kappa shape index (κ1) is 101. The summed E-state index contributed by atoms with van der Waals surface area (Å²) in [5.41, 5.74) is 12.2. The van der Waals surface area contributed by atoms with E-state index in [1.165, 1.54) is 43.8 Å². The number of aromatic nitrogens is 4. The third kappa shape index (κ3) is 22.3. The number of imidazole rings is 1. The van der Waals surface area contributed by atoms with Gasteiger partial charge in [0.05, 0.1) is 129 Å². The van der Waals surface area contributed by atoms with E-state index in [1.54, 1.807) is 140 Å². The molecule has 3 N–H and O–H groups in total. The zero-order valence-corrected chi connectivity index (χ0v) is 83.1. The Morgan fingerprint density at radius 1 is 0.326 bits per heavy atom. The molecule has 31 heteroatoms. The highest BCUT2D eigenvalue weighted by atomic mass is 16.5. The van der Waals surface area contributed by atoms with Crippen LogP contribution in [0.25, 0.3) is 0 Å². The van der Waals surface area contributed by atoms with Crippen molar-refractivity contribution in [3.05, 3.63) is 345 Å². The number of nitrogens with zero attached hydrogens (tertiary/aromatic N) is 13. The van der Waals surface area contributed by atoms with Crippen molar-refractivity contribution in [3.8, 4) is 34.5 Å². The quantitative estimate of drug-likeness (QED) is 0.0243. The second-order valence-electron chi connectivity index (χ2n) is 36.3. The lowest BCUT2D eigenvalue weighted by atomic mass is 9.99. The first-order valence-electron chi connectivity index (χ1n) is 49.1. The summed E-state index contributed by atoms with van der Waals surface area (Å²) in [7, 11) is 11.1. The fraction of sp³-hybridized carbons (Fsp3) is 0.327. The highest BCUT2D eigenvalue weighted by Crippen LogP contribution is 2.46. The van der Waals surface area contributed by atoms with Gasteiger partial charge in [0.2, 0.25) is 0 Å². The van der Waals surface area contributed by atoms with Crippen LogP contribution in [-0.4, -0.2) is 243 Å². The Kier molecular flexibility index (Phi) is 33.3. The van der Waals surface area contributed by atoms with Gasteiger partial charge in [0.25, 0.3) is 53.2 Å². The monoisotopic (exact) mass is 1940 g/mol. The zero-order chi connectivity index (χ0) is 101. The molecule has 3 fully saturated rings. The van der Waals surface area contributed by atoms with E-state index in [2.05, 4.69) is 154 Å². The fourth-order valence-corrected chi connectivity index (χ4v) is 20.2. The lowest BCUT2D eigenvalue weighted by Crippen LogP contribution is -2.47. The van der Waals surface area contributed by atoms with E-state index in [-0.39, 0.29) is 71.3 Å². The molecule has 746 valence electrons. The Balaban J connectivity index is 0.000000155. The van der Waals surface area contributed by atoms with E-state index in [0.29, 0.717) is 143 Å². The number of pyridine rings is 2. The van der Waals surface area contributed by atoms with Crippen molar-refractivity contribution in [3.63, 3.8) is 0 Å². The summed E-state index contributed by atoms with van der Waals surface area (Å²) < 4.78 is 34.7.